The van der Waals surface area contributed by atoms with Gasteiger partial charge < -0.3 is 19.9 Å². The van der Waals surface area contributed by atoms with Gasteiger partial charge >= 0.3 is 0 Å². The summed E-state index contributed by atoms with van der Waals surface area (Å²) in [6.45, 7) is 4.25. The number of nitrogens with one attached hydrogen (secondary N) is 1. The fraction of sp³-hybridized carbons (Fsp3) is 0.345. The molecule has 1 aromatic heterocycles. The van der Waals surface area contributed by atoms with Crippen LogP contribution >= 0.6 is 0 Å². The number of hydrogen-bond acceptors (Lipinski definition) is 6. The van der Waals surface area contributed by atoms with Crippen molar-refractivity contribution in [2.75, 3.05) is 25.9 Å². The van der Waals surface area contributed by atoms with Crippen molar-refractivity contribution in [3.8, 4) is 11.5 Å². The largest absolute Gasteiger partial charge is 0.497 e. The van der Waals surface area contributed by atoms with Crippen LogP contribution in [0.3, 0.4) is 0 Å². The maximum absolute atomic E-state index is 14.5. The van der Waals surface area contributed by atoms with Crippen LogP contribution in [0.25, 0.3) is 0 Å². The van der Waals surface area contributed by atoms with Crippen molar-refractivity contribution in [3.63, 3.8) is 0 Å². The molecule has 12 heteroatoms. The van der Waals surface area contributed by atoms with Gasteiger partial charge in [0.05, 0.1) is 13.2 Å². The van der Waals surface area contributed by atoms with Crippen molar-refractivity contribution in [1.82, 2.24) is 10.3 Å². The molecule has 0 aliphatic carbocycles. The van der Waals surface area contributed by atoms with Crippen LogP contribution in [-0.4, -0.2) is 55.1 Å². The van der Waals surface area contributed by atoms with Gasteiger partial charge in [-0.3, -0.25) is 14.5 Å². The highest BCUT2D eigenvalue weighted by atomic mass is 19.1. The fourth-order valence-electron chi connectivity index (χ4n) is 4.21. The van der Waals surface area contributed by atoms with Gasteiger partial charge in [0.15, 0.2) is 18.4 Å². The van der Waals surface area contributed by atoms with Gasteiger partial charge in [-0.1, -0.05) is 0 Å². The van der Waals surface area contributed by atoms with E-state index in [2.05, 4.69) is 10.3 Å². The first-order valence-electron chi connectivity index (χ1n) is 12.6. The van der Waals surface area contributed by atoms with E-state index in [0.29, 0.717) is 17.1 Å². The molecule has 1 aliphatic heterocycles. The van der Waals surface area contributed by atoms with E-state index in [1.165, 1.54) is 43.3 Å². The lowest BCUT2D eigenvalue weighted by Gasteiger charge is -2.26. The quantitative estimate of drug-likeness (QED) is 0.392. The number of carbonyl (C=O) groups excluding carboxylic acids is 2. The molecule has 8 nitrogen and oxygen atoms in total. The highest BCUT2D eigenvalue weighted by Gasteiger charge is 2.42. The minimum Gasteiger partial charge on any atom is -0.497 e. The Morgan fingerprint density at radius 1 is 1.15 bits per heavy atom. The number of aliphatic hydroxyl groups is 1. The van der Waals surface area contributed by atoms with E-state index in [9.17, 15) is 27.2 Å². The number of benzene rings is 2. The molecule has 2 aromatic carbocycles. The summed E-state index contributed by atoms with van der Waals surface area (Å²) in [5.74, 6) is -1.96. The number of aliphatic hydroxyl groups excluding tert-OH is 1. The van der Waals surface area contributed by atoms with Crippen molar-refractivity contribution in [3.05, 3.63) is 83.3 Å². The number of pyridine rings is 1. The number of rotatable bonds is 6. The summed E-state index contributed by atoms with van der Waals surface area (Å²) in [7, 11) is 2.88. The zero-order valence-corrected chi connectivity index (χ0v) is 23.3. The van der Waals surface area contributed by atoms with Crippen LogP contribution < -0.4 is 19.7 Å². The topological polar surface area (TPSA) is 101 Å². The fourth-order valence-corrected chi connectivity index (χ4v) is 4.21. The standard InChI is InChI=1S/C20H22F2N2O3.C8H8FNO.CH3FO/c1-11(2)27-17-6-5-7-23-20(17)24-12(3)14(10-18(24)25)19-15(21)8-13(26-4)9-16(19)22;1-10-8(11)6-2-4-7(9)5-3-6;2-1-3/h5-9,11-12,14H,10H2,1-4H3;2-5H,1H3,(H,10,11);3H,1H2. The molecule has 0 radical (unpaired) electrons. The molecule has 2 atom stereocenters. The van der Waals surface area contributed by atoms with Crippen LogP contribution in [0.4, 0.5) is 23.4 Å². The van der Waals surface area contributed by atoms with E-state index in [1.807, 2.05) is 13.8 Å². The molecule has 41 heavy (non-hydrogen) atoms. The Bertz CT molecular complexity index is 1280. The average Bonchev–Trinajstić information content (AvgIpc) is 3.22. The molecule has 0 saturated carbocycles. The van der Waals surface area contributed by atoms with E-state index in [1.54, 1.807) is 25.3 Å². The van der Waals surface area contributed by atoms with Crippen LogP contribution in [0.15, 0.2) is 54.7 Å². The lowest BCUT2D eigenvalue weighted by molar-refractivity contribution is -0.117. The number of alkyl halides is 1. The molecule has 1 saturated heterocycles. The molecule has 2 N–H and O–H groups in total. The Morgan fingerprint density at radius 2 is 1.73 bits per heavy atom. The molecular weight excluding hydrogens is 546 g/mol. The van der Waals surface area contributed by atoms with E-state index >= 15 is 0 Å². The first-order valence-corrected chi connectivity index (χ1v) is 12.6. The van der Waals surface area contributed by atoms with Crippen LogP contribution in [0, 0.1) is 17.5 Å². The summed E-state index contributed by atoms with van der Waals surface area (Å²) in [5, 5.41) is 9.34. The molecule has 0 bridgehead atoms. The summed E-state index contributed by atoms with van der Waals surface area (Å²) >= 11 is 0. The van der Waals surface area contributed by atoms with Gasteiger partial charge in [-0.25, -0.2) is 22.5 Å². The van der Waals surface area contributed by atoms with Crippen molar-refractivity contribution in [2.24, 2.45) is 0 Å². The van der Waals surface area contributed by atoms with Crippen molar-refractivity contribution < 1.29 is 41.7 Å². The Hall–Kier alpha value is -4.19. The highest BCUT2D eigenvalue weighted by molar-refractivity contribution is 5.97. The number of aromatic nitrogens is 1. The molecule has 1 aliphatic rings. The average molecular weight is 580 g/mol. The smallest absolute Gasteiger partial charge is 0.251 e. The number of carbonyl (C=O) groups is 2. The van der Waals surface area contributed by atoms with Gasteiger partial charge in [0.2, 0.25) is 5.91 Å². The lowest BCUT2D eigenvalue weighted by Crippen LogP contribution is -2.34. The predicted octanol–water partition coefficient (Wildman–Crippen LogP) is 5.16. The predicted molar refractivity (Wildman–Crippen MR) is 145 cm³/mol. The third-order valence-corrected chi connectivity index (χ3v) is 5.99. The Balaban J connectivity index is 0.000000349. The molecule has 2 unspecified atom stereocenters. The van der Waals surface area contributed by atoms with Gasteiger partial charge in [-0.05, 0) is 57.2 Å². The molecule has 0 spiro atoms. The molecule has 1 fully saturated rings. The molecule has 4 rings (SSSR count). The van der Waals surface area contributed by atoms with Crippen molar-refractivity contribution in [2.45, 2.75) is 45.3 Å². The monoisotopic (exact) mass is 579 g/mol. The summed E-state index contributed by atoms with van der Waals surface area (Å²) in [6.07, 6.45) is 1.44. The van der Waals surface area contributed by atoms with E-state index in [4.69, 9.17) is 14.6 Å². The minimum atomic E-state index is -1.25. The van der Waals surface area contributed by atoms with Crippen LogP contribution in [0.1, 0.15) is 49.0 Å². The number of hydrogen-bond donors (Lipinski definition) is 2. The number of methoxy groups -OCH3 is 1. The SMILES string of the molecule is CNC(=O)c1ccc(F)cc1.COc1cc(F)c(C2CC(=O)N(c3ncccc3OC(C)C)C2C)c(F)c1.OCF. The molecular formula is C29H33F4N3O5. The third-order valence-electron chi connectivity index (χ3n) is 5.99. The number of anilines is 1. The molecule has 222 valence electrons. The Kier molecular flexibility index (Phi) is 12.5. The number of nitrogens with zero attached hydrogens (tertiary/aromatic N) is 2. The van der Waals surface area contributed by atoms with Gasteiger partial charge in [0.25, 0.3) is 5.91 Å². The maximum atomic E-state index is 14.5. The van der Waals surface area contributed by atoms with Crippen molar-refractivity contribution in [1.29, 1.82) is 0 Å². The second-order valence-electron chi connectivity index (χ2n) is 9.02. The zero-order valence-electron chi connectivity index (χ0n) is 23.3. The maximum Gasteiger partial charge on any atom is 0.251 e. The number of amides is 2. The van der Waals surface area contributed by atoms with Gasteiger partial charge in [-0.15, -0.1) is 0 Å². The first kappa shape index (κ1) is 33.0. The Labute approximate surface area is 235 Å². The lowest BCUT2D eigenvalue weighted by atomic mass is 9.91. The second kappa shape index (κ2) is 15.6. The highest BCUT2D eigenvalue weighted by Crippen LogP contribution is 2.42. The van der Waals surface area contributed by atoms with Gasteiger partial charge in [-0.2, -0.15) is 0 Å². The molecule has 2 amide bonds. The van der Waals surface area contributed by atoms with E-state index in [-0.39, 0.29) is 41.5 Å². The molecule has 2 heterocycles. The number of ether oxygens (including phenoxy) is 2. The third kappa shape index (κ3) is 8.65. The zero-order chi connectivity index (χ0) is 30.7. The molecule has 3 aromatic rings. The summed E-state index contributed by atoms with van der Waals surface area (Å²) < 4.78 is 61.9. The summed E-state index contributed by atoms with van der Waals surface area (Å²) in [5.41, 5.74) is 0.357. The normalized spacial score (nSPS) is 15.9. The van der Waals surface area contributed by atoms with E-state index < -0.39 is 30.5 Å². The number of halogens is 4. The van der Waals surface area contributed by atoms with Crippen LogP contribution in [0.2, 0.25) is 0 Å². The van der Waals surface area contributed by atoms with Crippen molar-refractivity contribution >= 4 is 17.6 Å². The minimum absolute atomic E-state index is 0.0149. The van der Waals surface area contributed by atoms with Crippen LogP contribution in [0.5, 0.6) is 11.5 Å². The Morgan fingerprint density at radius 3 is 2.24 bits per heavy atom. The second-order valence-corrected chi connectivity index (χ2v) is 9.02. The summed E-state index contributed by atoms with van der Waals surface area (Å²) in [6, 6.07) is 10.6. The van der Waals surface area contributed by atoms with E-state index in [0.717, 1.165) is 12.1 Å². The van der Waals surface area contributed by atoms with Gasteiger partial charge in [0.1, 0.15) is 23.2 Å². The first-order chi connectivity index (χ1) is 19.5. The van der Waals surface area contributed by atoms with Gasteiger partial charge in [0, 0.05) is 54.9 Å². The van der Waals surface area contributed by atoms with Crippen LogP contribution in [-0.2, 0) is 4.79 Å². The summed E-state index contributed by atoms with van der Waals surface area (Å²) in [4.78, 5) is 29.4.